The number of Topliss-reactive ketones (excluding diaryl/α,β-unsaturated/α-hetero) is 1. The summed E-state index contributed by atoms with van der Waals surface area (Å²) in [5.41, 5.74) is 1.72. The van der Waals surface area contributed by atoms with Crippen molar-refractivity contribution in [2.45, 2.75) is 19.8 Å². The summed E-state index contributed by atoms with van der Waals surface area (Å²) in [6.45, 7) is 4.82. The predicted octanol–water partition coefficient (Wildman–Crippen LogP) is 2.31. The first kappa shape index (κ1) is 20.4. The smallest absolute Gasteiger partial charge is 0.241 e. The van der Waals surface area contributed by atoms with Crippen molar-refractivity contribution >= 4 is 23.2 Å². The number of carbonyl (C=O) groups is 2. The zero-order chi connectivity index (χ0) is 22.1. The topological polar surface area (TPSA) is 98.1 Å². The number of rotatable bonds is 7. The highest BCUT2D eigenvalue weighted by atomic mass is 16.5. The van der Waals surface area contributed by atoms with Crippen LogP contribution in [-0.2, 0) is 20.7 Å². The summed E-state index contributed by atoms with van der Waals surface area (Å²) >= 11 is 0. The number of aromatic nitrogens is 3. The van der Waals surface area contributed by atoms with Crippen LogP contribution >= 0.6 is 0 Å². The lowest BCUT2D eigenvalue weighted by Gasteiger charge is -2.37. The molecular weight excluding hydrogens is 410 g/mol. The standard InChI is InChI=1S/C23H25N5O4/c1-16(29)9-17-3-2-4-18(10-17)32-21-6-5-20-25-19(12-28(20)26-21)24-11-22(30)27-8-7-23(13-27)14-31-15-23/h2-6,10,12,24H,7-9,11,13-15H2,1H3. The van der Waals surface area contributed by atoms with Crippen molar-refractivity contribution in [1.29, 1.82) is 0 Å². The monoisotopic (exact) mass is 435 g/mol. The van der Waals surface area contributed by atoms with E-state index in [2.05, 4.69) is 15.4 Å². The highest BCUT2D eigenvalue weighted by molar-refractivity contribution is 5.81. The van der Waals surface area contributed by atoms with E-state index in [1.807, 2.05) is 29.2 Å². The molecule has 2 aliphatic rings. The molecule has 9 heteroatoms. The second kappa shape index (κ2) is 8.23. The summed E-state index contributed by atoms with van der Waals surface area (Å²) in [5, 5.41) is 7.54. The Balaban J connectivity index is 1.21. The molecular formula is C23H25N5O4. The van der Waals surface area contributed by atoms with Crippen LogP contribution in [0.25, 0.3) is 5.65 Å². The molecule has 1 N–H and O–H groups in total. The van der Waals surface area contributed by atoms with Crippen molar-refractivity contribution in [3.8, 4) is 11.6 Å². The van der Waals surface area contributed by atoms with Crippen LogP contribution in [-0.4, -0.2) is 64.0 Å². The van der Waals surface area contributed by atoms with Gasteiger partial charge in [0.25, 0.3) is 0 Å². The van der Waals surface area contributed by atoms with E-state index < -0.39 is 0 Å². The van der Waals surface area contributed by atoms with Gasteiger partial charge in [0.05, 0.1) is 26.0 Å². The molecule has 32 heavy (non-hydrogen) atoms. The third-order valence-electron chi connectivity index (χ3n) is 5.90. The highest BCUT2D eigenvalue weighted by Crippen LogP contribution is 2.37. The van der Waals surface area contributed by atoms with Gasteiger partial charge in [-0.1, -0.05) is 12.1 Å². The lowest BCUT2D eigenvalue weighted by Crippen LogP contribution is -2.46. The number of anilines is 1. The SMILES string of the molecule is CC(=O)Cc1cccc(Oc2ccc3nc(NCC(=O)N4CCC5(COC5)C4)cn3n2)c1. The minimum Gasteiger partial charge on any atom is -0.438 e. The van der Waals surface area contributed by atoms with Crippen molar-refractivity contribution < 1.29 is 19.1 Å². The Morgan fingerprint density at radius 3 is 2.88 bits per heavy atom. The van der Waals surface area contributed by atoms with E-state index in [1.165, 1.54) is 0 Å². The molecule has 1 amide bonds. The van der Waals surface area contributed by atoms with E-state index in [-0.39, 0.29) is 23.7 Å². The van der Waals surface area contributed by atoms with Crippen molar-refractivity contribution in [3.63, 3.8) is 0 Å². The van der Waals surface area contributed by atoms with Crippen LogP contribution in [0, 0.1) is 5.41 Å². The van der Waals surface area contributed by atoms with Gasteiger partial charge in [0.15, 0.2) is 5.65 Å². The molecule has 0 radical (unpaired) electrons. The van der Waals surface area contributed by atoms with Crippen molar-refractivity contribution in [3.05, 3.63) is 48.2 Å². The van der Waals surface area contributed by atoms with Gasteiger partial charge in [0.1, 0.15) is 17.4 Å². The number of nitrogens with one attached hydrogen (secondary N) is 1. The minimum atomic E-state index is 0.0632. The third kappa shape index (κ3) is 4.29. The fraction of sp³-hybridized carbons (Fsp3) is 0.391. The first-order chi connectivity index (χ1) is 15.5. The molecule has 0 atom stereocenters. The summed E-state index contributed by atoms with van der Waals surface area (Å²) in [4.78, 5) is 30.3. The second-order valence-electron chi connectivity index (χ2n) is 8.64. The molecule has 2 fully saturated rings. The fourth-order valence-corrected chi connectivity index (χ4v) is 4.18. The molecule has 2 aliphatic heterocycles. The number of hydrogen-bond acceptors (Lipinski definition) is 7. The van der Waals surface area contributed by atoms with Crippen molar-refractivity contribution in [1.82, 2.24) is 19.5 Å². The van der Waals surface area contributed by atoms with Crippen LogP contribution in [0.2, 0.25) is 0 Å². The molecule has 2 aromatic heterocycles. The van der Waals surface area contributed by atoms with Gasteiger partial charge in [-0.3, -0.25) is 9.59 Å². The van der Waals surface area contributed by atoms with E-state index in [0.717, 1.165) is 38.3 Å². The molecule has 0 bridgehead atoms. The number of nitrogens with zero attached hydrogens (tertiary/aromatic N) is 4. The number of imidazole rings is 1. The Morgan fingerprint density at radius 2 is 2.12 bits per heavy atom. The van der Waals surface area contributed by atoms with Gasteiger partial charge in [0.2, 0.25) is 11.8 Å². The number of carbonyl (C=O) groups excluding carboxylic acids is 2. The fourth-order valence-electron chi connectivity index (χ4n) is 4.18. The van der Waals surface area contributed by atoms with E-state index in [1.54, 1.807) is 29.8 Å². The molecule has 5 rings (SSSR count). The molecule has 1 spiro atoms. The van der Waals surface area contributed by atoms with Crippen LogP contribution in [0.1, 0.15) is 18.9 Å². The first-order valence-electron chi connectivity index (χ1n) is 10.7. The third-order valence-corrected chi connectivity index (χ3v) is 5.90. The van der Waals surface area contributed by atoms with Crippen molar-refractivity contribution in [2.75, 3.05) is 38.2 Å². The molecule has 166 valence electrons. The number of benzene rings is 1. The Kier molecular flexibility index (Phi) is 5.26. The molecule has 1 aromatic carbocycles. The summed E-state index contributed by atoms with van der Waals surface area (Å²) < 4.78 is 12.8. The molecule has 0 unspecified atom stereocenters. The van der Waals surface area contributed by atoms with Gasteiger partial charge in [0, 0.05) is 31.0 Å². The summed E-state index contributed by atoms with van der Waals surface area (Å²) in [6, 6.07) is 10.9. The average Bonchev–Trinajstić information content (AvgIpc) is 3.36. The van der Waals surface area contributed by atoms with Gasteiger partial charge in [-0.2, -0.15) is 0 Å². The number of fused-ring (bicyclic) bond motifs is 1. The van der Waals surface area contributed by atoms with Crippen LogP contribution in [0.4, 0.5) is 5.82 Å². The van der Waals surface area contributed by atoms with Crippen molar-refractivity contribution in [2.24, 2.45) is 5.41 Å². The van der Waals surface area contributed by atoms with Gasteiger partial charge in [-0.05, 0) is 37.1 Å². The zero-order valence-electron chi connectivity index (χ0n) is 17.9. The number of ether oxygens (including phenoxy) is 2. The summed E-state index contributed by atoms with van der Waals surface area (Å²) in [5.74, 6) is 1.75. The van der Waals surface area contributed by atoms with Gasteiger partial charge < -0.3 is 19.7 Å². The lowest BCUT2D eigenvalue weighted by atomic mass is 9.85. The predicted molar refractivity (Wildman–Crippen MR) is 117 cm³/mol. The van der Waals surface area contributed by atoms with E-state index in [9.17, 15) is 9.59 Å². The van der Waals surface area contributed by atoms with Gasteiger partial charge >= 0.3 is 0 Å². The lowest BCUT2D eigenvalue weighted by molar-refractivity contribution is -0.133. The Hall–Kier alpha value is -3.46. The van der Waals surface area contributed by atoms with Gasteiger partial charge in [-0.15, -0.1) is 5.10 Å². The Labute approximate surface area is 185 Å². The van der Waals surface area contributed by atoms with Gasteiger partial charge in [-0.25, -0.2) is 9.50 Å². The number of amides is 1. The maximum absolute atomic E-state index is 12.5. The maximum atomic E-state index is 12.5. The van der Waals surface area contributed by atoms with Crippen LogP contribution in [0.15, 0.2) is 42.6 Å². The number of hydrogen-bond donors (Lipinski definition) is 1. The quantitative estimate of drug-likeness (QED) is 0.608. The number of likely N-dealkylation sites (tertiary alicyclic amines) is 1. The highest BCUT2D eigenvalue weighted by Gasteiger charge is 2.45. The van der Waals surface area contributed by atoms with Crippen LogP contribution in [0.5, 0.6) is 11.6 Å². The second-order valence-corrected chi connectivity index (χ2v) is 8.64. The molecule has 2 saturated heterocycles. The van der Waals surface area contributed by atoms with Crippen LogP contribution < -0.4 is 10.1 Å². The summed E-state index contributed by atoms with van der Waals surface area (Å²) in [7, 11) is 0. The minimum absolute atomic E-state index is 0.0632. The molecule has 3 aromatic rings. The Morgan fingerprint density at radius 1 is 1.25 bits per heavy atom. The van der Waals surface area contributed by atoms with E-state index >= 15 is 0 Å². The molecule has 0 saturated carbocycles. The maximum Gasteiger partial charge on any atom is 0.241 e. The molecule has 4 heterocycles. The normalized spacial score (nSPS) is 16.8. The Bertz CT molecular complexity index is 1170. The summed E-state index contributed by atoms with van der Waals surface area (Å²) in [6.07, 6.45) is 3.11. The largest absolute Gasteiger partial charge is 0.438 e. The number of ketones is 1. The first-order valence-corrected chi connectivity index (χ1v) is 10.7. The molecule has 0 aliphatic carbocycles. The zero-order valence-corrected chi connectivity index (χ0v) is 17.9. The van der Waals surface area contributed by atoms with E-state index in [4.69, 9.17) is 9.47 Å². The van der Waals surface area contributed by atoms with E-state index in [0.29, 0.717) is 29.5 Å². The average molecular weight is 435 g/mol. The van der Waals surface area contributed by atoms with Crippen LogP contribution in [0.3, 0.4) is 0 Å². The molecule has 9 nitrogen and oxygen atoms in total.